The minimum absolute atomic E-state index is 0.0529. The molecule has 8 nitrogen and oxygen atoms in total. The average Bonchev–Trinajstić information content (AvgIpc) is 3.71. The number of hydrogen-bond acceptors (Lipinski definition) is 5. The molecule has 3 N–H and O–H groups in total. The smallest absolute Gasteiger partial charge is 0.227 e. The van der Waals surface area contributed by atoms with Crippen LogP contribution in [0.3, 0.4) is 0 Å². The second-order valence-electron chi connectivity index (χ2n) is 10.4. The molecule has 40 heavy (non-hydrogen) atoms. The van der Waals surface area contributed by atoms with Gasteiger partial charge in [0, 0.05) is 29.3 Å². The highest BCUT2D eigenvalue weighted by molar-refractivity contribution is 5.99. The number of aryl methyl sites for hydroxylation is 1. The number of fused-ring (bicyclic) bond motifs is 2. The first kappa shape index (κ1) is 24.1. The predicted octanol–water partition coefficient (Wildman–Crippen LogP) is 6.81. The Morgan fingerprint density at radius 1 is 1.02 bits per heavy atom. The predicted molar refractivity (Wildman–Crippen MR) is 153 cm³/mol. The highest BCUT2D eigenvalue weighted by Gasteiger charge is 2.23. The van der Waals surface area contributed by atoms with Gasteiger partial charge in [0.2, 0.25) is 5.91 Å². The lowest BCUT2D eigenvalue weighted by molar-refractivity contribution is -0.119. The van der Waals surface area contributed by atoms with E-state index in [4.69, 9.17) is 4.98 Å². The maximum Gasteiger partial charge on any atom is 0.227 e. The molecular weight excluding hydrogens is 505 g/mol. The molecule has 1 aromatic carbocycles. The third-order valence-electron chi connectivity index (χ3n) is 7.58. The van der Waals surface area contributed by atoms with Crippen LogP contribution in [0.2, 0.25) is 0 Å². The van der Waals surface area contributed by atoms with Gasteiger partial charge in [-0.1, -0.05) is 18.9 Å². The largest absolute Gasteiger partial charge is 0.338 e. The number of benzene rings is 1. The molecule has 9 heteroatoms. The molecule has 1 fully saturated rings. The SMILES string of the molecule is Cc1cc(F)cc(-c2ccnc3[nH]c(-c4n[nH]c5ccc(-c6cncc(NC(=O)C7CCCC7)c6)nc45)cc23)c1. The lowest BCUT2D eigenvalue weighted by Gasteiger charge is -2.11. The summed E-state index contributed by atoms with van der Waals surface area (Å²) in [4.78, 5) is 29.8. The summed E-state index contributed by atoms with van der Waals surface area (Å²) in [6, 6.07) is 14.6. The summed E-state index contributed by atoms with van der Waals surface area (Å²) >= 11 is 0. The number of H-pyrrole nitrogens is 2. The minimum atomic E-state index is -0.276. The first-order valence-corrected chi connectivity index (χ1v) is 13.4. The molecule has 0 radical (unpaired) electrons. The van der Waals surface area contributed by atoms with E-state index < -0.39 is 0 Å². The van der Waals surface area contributed by atoms with Crippen molar-refractivity contribution in [2.24, 2.45) is 5.92 Å². The van der Waals surface area contributed by atoms with E-state index in [1.54, 1.807) is 18.6 Å². The van der Waals surface area contributed by atoms with E-state index in [2.05, 4.69) is 30.5 Å². The summed E-state index contributed by atoms with van der Waals surface area (Å²) in [5, 5.41) is 11.5. The van der Waals surface area contributed by atoms with Crippen LogP contribution in [0, 0.1) is 18.7 Å². The van der Waals surface area contributed by atoms with Crippen LogP contribution >= 0.6 is 0 Å². The Hall–Kier alpha value is -4.92. The molecule has 1 saturated carbocycles. The van der Waals surface area contributed by atoms with Crippen molar-refractivity contribution in [3.05, 3.63) is 78.5 Å². The fraction of sp³-hybridized carbons (Fsp3) is 0.194. The van der Waals surface area contributed by atoms with E-state index in [-0.39, 0.29) is 17.6 Å². The van der Waals surface area contributed by atoms with Crippen LogP contribution in [-0.4, -0.2) is 36.0 Å². The number of carbonyl (C=O) groups excluding carboxylic acids is 1. The van der Waals surface area contributed by atoms with Crippen LogP contribution in [0.5, 0.6) is 0 Å². The van der Waals surface area contributed by atoms with Gasteiger partial charge in [-0.25, -0.2) is 14.4 Å². The zero-order chi connectivity index (χ0) is 27.2. The zero-order valence-corrected chi connectivity index (χ0v) is 21.8. The molecular formula is C31H26FN7O. The number of anilines is 1. The van der Waals surface area contributed by atoms with Gasteiger partial charge in [-0.2, -0.15) is 5.10 Å². The summed E-state index contributed by atoms with van der Waals surface area (Å²) < 4.78 is 14.2. The number of aromatic nitrogens is 6. The molecule has 5 aromatic heterocycles. The number of nitrogens with zero attached hydrogens (tertiary/aromatic N) is 4. The molecule has 5 heterocycles. The number of amides is 1. The van der Waals surface area contributed by atoms with Crippen molar-refractivity contribution in [1.82, 2.24) is 30.1 Å². The number of aromatic amines is 2. The molecule has 0 aliphatic heterocycles. The number of rotatable bonds is 5. The van der Waals surface area contributed by atoms with E-state index in [0.717, 1.165) is 64.5 Å². The van der Waals surface area contributed by atoms with Crippen LogP contribution in [0.15, 0.2) is 67.1 Å². The molecule has 0 unspecified atom stereocenters. The van der Waals surface area contributed by atoms with Crippen LogP contribution in [0.25, 0.3) is 55.8 Å². The van der Waals surface area contributed by atoms with Gasteiger partial charge in [-0.3, -0.25) is 14.9 Å². The molecule has 0 saturated heterocycles. The van der Waals surface area contributed by atoms with Gasteiger partial charge in [0.1, 0.15) is 22.7 Å². The first-order valence-electron chi connectivity index (χ1n) is 13.4. The van der Waals surface area contributed by atoms with Gasteiger partial charge in [-0.05, 0) is 78.9 Å². The van der Waals surface area contributed by atoms with Crippen LogP contribution < -0.4 is 5.32 Å². The Morgan fingerprint density at radius 2 is 1.90 bits per heavy atom. The van der Waals surface area contributed by atoms with Crippen LogP contribution in [0.4, 0.5) is 10.1 Å². The van der Waals surface area contributed by atoms with Gasteiger partial charge in [0.25, 0.3) is 0 Å². The van der Waals surface area contributed by atoms with Crippen molar-refractivity contribution in [3.63, 3.8) is 0 Å². The summed E-state index contributed by atoms with van der Waals surface area (Å²) in [7, 11) is 0. The fourth-order valence-corrected chi connectivity index (χ4v) is 5.63. The maximum atomic E-state index is 14.2. The highest BCUT2D eigenvalue weighted by atomic mass is 19.1. The summed E-state index contributed by atoms with van der Waals surface area (Å²) in [5.41, 5.74) is 8.22. The lowest BCUT2D eigenvalue weighted by Crippen LogP contribution is -2.20. The Labute approximate surface area is 229 Å². The standard InChI is InChI=1S/C31H26FN7O/c1-17-10-19(12-21(32)11-17)23-8-9-34-30-24(23)14-27(37-30)29-28-26(38-39-29)7-6-25(36-28)20-13-22(16-33-15-20)35-31(40)18-4-2-3-5-18/h6-16,18H,2-5H2,1H3,(H,34,37)(H,35,40)(H,38,39). The van der Waals surface area contributed by atoms with Crippen molar-refractivity contribution < 1.29 is 9.18 Å². The van der Waals surface area contributed by atoms with Crippen LogP contribution in [0.1, 0.15) is 31.2 Å². The molecule has 0 bridgehead atoms. The van der Waals surface area contributed by atoms with E-state index in [1.165, 1.54) is 12.1 Å². The van der Waals surface area contributed by atoms with E-state index in [9.17, 15) is 9.18 Å². The highest BCUT2D eigenvalue weighted by Crippen LogP contribution is 2.34. The number of carbonyl (C=O) groups is 1. The first-order chi connectivity index (χ1) is 19.5. The van der Waals surface area contributed by atoms with Crippen molar-refractivity contribution in [1.29, 1.82) is 0 Å². The van der Waals surface area contributed by atoms with Crippen molar-refractivity contribution in [2.45, 2.75) is 32.6 Å². The van der Waals surface area contributed by atoms with Crippen molar-refractivity contribution in [3.8, 4) is 33.8 Å². The Kier molecular flexibility index (Phi) is 5.84. The lowest BCUT2D eigenvalue weighted by atomic mass is 10.0. The number of hydrogen-bond donors (Lipinski definition) is 3. The van der Waals surface area contributed by atoms with Gasteiger partial charge in [0.15, 0.2) is 0 Å². The van der Waals surface area contributed by atoms with Gasteiger partial charge >= 0.3 is 0 Å². The molecule has 7 rings (SSSR count). The van der Waals surface area contributed by atoms with E-state index in [0.29, 0.717) is 28.2 Å². The third kappa shape index (κ3) is 4.39. The van der Waals surface area contributed by atoms with Crippen molar-refractivity contribution >= 4 is 33.7 Å². The molecule has 0 spiro atoms. The molecule has 6 aromatic rings. The maximum absolute atomic E-state index is 14.2. The molecule has 1 aliphatic carbocycles. The monoisotopic (exact) mass is 531 g/mol. The fourth-order valence-electron chi connectivity index (χ4n) is 5.63. The van der Waals surface area contributed by atoms with Crippen LogP contribution in [-0.2, 0) is 4.79 Å². The molecule has 1 aliphatic rings. The summed E-state index contributed by atoms with van der Waals surface area (Å²) in [5.74, 6) is -0.151. The van der Waals surface area contributed by atoms with E-state index >= 15 is 0 Å². The number of nitrogens with one attached hydrogen (secondary N) is 3. The summed E-state index contributed by atoms with van der Waals surface area (Å²) in [6.07, 6.45) is 9.19. The topological polar surface area (TPSA) is 112 Å². The minimum Gasteiger partial charge on any atom is -0.338 e. The number of pyridine rings is 3. The second-order valence-corrected chi connectivity index (χ2v) is 10.4. The number of halogens is 1. The van der Waals surface area contributed by atoms with Gasteiger partial charge in [0.05, 0.1) is 28.8 Å². The second kappa shape index (κ2) is 9.68. The van der Waals surface area contributed by atoms with E-state index in [1.807, 2.05) is 43.3 Å². The van der Waals surface area contributed by atoms with Crippen molar-refractivity contribution in [2.75, 3.05) is 5.32 Å². The Bertz CT molecular complexity index is 1880. The van der Waals surface area contributed by atoms with Gasteiger partial charge < -0.3 is 10.3 Å². The summed E-state index contributed by atoms with van der Waals surface area (Å²) in [6.45, 7) is 1.88. The molecule has 0 atom stereocenters. The molecule has 1 amide bonds. The molecule has 198 valence electrons. The average molecular weight is 532 g/mol. The third-order valence-corrected chi connectivity index (χ3v) is 7.58. The normalized spacial score (nSPS) is 13.8. The Morgan fingerprint density at radius 3 is 2.75 bits per heavy atom. The van der Waals surface area contributed by atoms with Gasteiger partial charge in [-0.15, -0.1) is 0 Å². The zero-order valence-electron chi connectivity index (χ0n) is 21.8. The quantitative estimate of drug-likeness (QED) is 0.226. The Balaban J connectivity index is 1.25.